The van der Waals surface area contributed by atoms with Crippen LogP contribution in [0.4, 0.5) is 8.78 Å². The number of nitrogens with zero attached hydrogens (tertiary/aromatic N) is 1. The summed E-state index contributed by atoms with van der Waals surface area (Å²) >= 11 is 5.99. The zero-order valence-electron chi connectivity index (χ0n) is 12.2. The van der Waals surface area contributed by atoms with Crippen LogP contribution in [-0.4, -0.2) is 41.9 Å². The smallest absolute Gasteiger partial charge is 0.288 e. The van der Waals surface area contributed by atoms with E-state index in [0.29, 0.717) is 46.4 Å². The molecule has 0 amide bonds. The molecule has 0 unspecified atom stereocenters. The van der Waals surface area contributed by atoms with Crippen LogP contribution < -0.4 is 0 Å². The molecule has 122 valence electrons. The molecule has 0 spiro atoms. The van der Waals surface area contributed by atoms with Gasteiger partial charge >= 0.3 is 0 Å². The molecule has 1 aliphatic rings. The first-order valence-corrected chi connectivity index (χ1v) is 8.44. The minimum absolute atomic E-state index is 0.527. The van der Waals surface area contributed by atoms with Crippen LogP contribution in [0.25, 0.3) is 11.3 Å². The molecule has 0 bridgehead atoms. The fourth-order valence-corrected chi connectivity index (χ4v) is 3.12. The molecule has 3 nitrogen and oxygen atoms in total. The summed E-state index contributed by atoms with van der Waals surface area (Å²) in [7, 11) is 0. The number of furan rings is 1. The van der Waals surface area contributed by atoms with Crippen molar-refractivity contribution in [3.8, 4) is 11.3 Å². The first-order chi connectivity index (χ1) is 11.1. The molecule has 0 aliphatic carbocycles. The van der Waals surface area contributed by atoms with E-state index in [1.165, 1.54) is 0 Å². The largest absolute Gasteiger partial charge is 0.454 e. The van der Waals surface area contributed by atoms with Crippen LogP contribution in [0, 0.1) is 0 Å². The van der Waals surface area contributed by atoms with E-state index in [1.54, 1.807) is 24.3 Å². The number of ether oxygens (including phenoxy) is 1. The molecule has 1 fully saturated rings. The van der Waals surface area contributed by atoms with Gasteiger partial charge in [-0.3, -0.25) is 0 Å². The van der Waals surface area contributed by atoms with Crippen molar-refractivity contribution in [2.24, 2.45) is 0 Å². The third-order valence-electron chi connectivity index (χ3n) is 3.48. The first-order valence-electron chi connectivity index (χ1n) is 7.15. The predicted octanol–water partition coefficient (Wildman–Crippen LogP) is 4.27. The number of alkyl halides is 2. The number of rotatable bonds is 4. The van der Waals surface area contributed by atoms with E-state index in [1.807, 2.05) is 12.1 Å². The van der Waals surface area contributed by atoms with Crippen molar-refractivity contribution < 1.29 is 17.9 Å². The summed E-state index contributed by atoms with van der Waals surface area (Å²) in [5.74, 6) is -1.10. The number of morpholine rings is 1. The standard InChI is InChI=1S/C16H15F2NO2S2/c17-16(18)23-12-3-1-11(2-4-12)13-5-6-14(21-13)15(22)19-7-9-20-10-8-19/h1-6,16H,7-10H2. The number of benzene rings is 1. The molecule has 23 heavy (non-hydrogen) atoms. The average Bonchev–Trinajstić information content (AvgIpc) is 3.05. The molecular formula is C16H15F2NO2S2. The van der Waals surface area contributed by atoms with Gasteiger partial charge in [-0.25, -0.2) is 0 Å². The quantitative estimate of drug-likeness (QED) is 0.603. The van der Waals surface area contributed by atoms with Gasteiger partial charge < -0.3 is 14.1 Å². The lowest BCUT2D eigenvalue weighted by Gasteiger charge is -2.28. The minimum Gasteiger partial charge on any atom is -0.454 e. The van der Waals surface area contributed by atoms with E-state index in [9.17, 15) is 8.78 Å². The van der Waals surface area contributed by atoms with Gasteiger partial charge in [0.15, 0.2) is 5.76 Å². The van der Waals surface area contributed by atoms with E-state index in [4.69, 9.17) is 21.4 Å². The SMILES string of the molecule is FC(F)Sc1ccc(-c2ccc(C(=S)N3CCOCC3)o2)cc1. The van der Waals surface area contributed by atoms with Crippen molar-refractivity contribution in [1.82, 2.24) is 4.90 Å². The summed E-state index contributed by atoms with van der Waals surface area (Å²) in [4.78, 5) is 3.26. The zero-order chi connectivity index (χ0) is 16.2. The zero-order valence-corrected chi connectivity index (χ0v) is 13.8. The fraction of sp³-hybridized carbons (Fsp3) is 0.312. The molecule has 3 rings (SSSR count). The second kappa shape index (κ2) is 7.42. The predicted molar refractivity (Wildman–Crippen MR) is 90.1 cm³/mol. The molecule has 1 saturated heterocycles. The number of thioether (sulfide) groups is 1. The Bertz CT molecular complexity index is 667. The molecule has 1 aromatic heterocycles. The third kappa shape index (κ3) is 4.10. The van der Waals surface area contributed by atoms with Crippen LogP contribution in [0.3, 0.4) is 0 Å². The minimum atomic E-state index is -2.41. The Morgan fingerprint density at radius 3 is 2.43 bits per heavy atom. The van der Waals surface area contributed by atoms with Crippen molar-refractivity contribution >= 4 is 29.0 Å². The van der Waals surface area contributed by atoms with Crippen LogP contribution in [0.5, 0.6) is 0 Å². The average molecular weight is 355 g/mol. The second-order valence-corrected chi connectivity index (χ2v) is 6.42. The molecule has 0 saturated carbocycles. The first kappa shape index (κ1) is 16.4. The lowest BCUT2D eigenvalue weighted by Crippen LogP contribution is -2.40. The summed E-state index contributed by atoms with van der Waals surface area (Å²) in [6.07, 6.45) is 0. The van der Waals surface area contributed by atoms with E-state index < -0.39 is 5.76 Å². The van der Waals surface area contributed by atoms with E-state index in [2.05, 4.69) is 4.90 Å². The van der Waals surface area contributed by atoms with Crippen molar-refractivity contribution in [2.45, 2.75) is 10.7 Å². The molecule has 0 radical (unpaired) electrons. The highest BCUT2D eigenvalue weighted by Crippen LogP contribution is 2.29. The third-order valence-corrected chi connectivity index (χ3v) is 4.66. The van der Waals surface area contributed by atoms with Crippen molar-refractivity contribution in [3.63, 3.8) is 0 Å². The molecule has 2 aromatic rings. The maximum absolute atomic E-state index is 12.3. The van der Waals surface area contributed by atoms with Crippen LogP contribution in [0.1, 0.15) is 5.76 Å². The van der Waals surface area contributed by atoms with Gasteiger partial charge in [0.05, 0.1) is 13.2 Å². The van der Waals surface area contributed by atoms with Crippen molar-refractivity contribution in [1.29, 1.82) is 0 Å². The van der Waals surface area contributed by atoms with Gasteiger partial charge in [-0.2, -0.15) is 8.78 Å². The van der Waals surface area contributed by atoms with Crippen LogP contribution in [-0.2, 0) is 4.74 Å². The fourth-order valence-electron chi connectivity index (χ4n) is 2.33. The molecule has 1 aliphatic heterocycles. The Hall–Kier alpha value is -1.44. The number of halogens is 2. The Labute approximate surface area is 142 Å². The van der Waals surface area contributed by atoms with Crippen LogP contribution >= 0.6 is 24.0 Å². The molecular weight excluding hydrogens is 340 g/mol. The Morgan fingerprint density at radius 2 is 1.78 bits per heavy atom. The summed E-state index contributed by atoms with van der Waals surface area (Å²) in [6.45, 7) is 2.84. The highest BCUT2D eigenvalue weighted by atomic mass is 32.2. The van der Waals surface area contributed by atoms with Crippen LogP contribution in [0.2, 0.25) is 0 Å². The van der Waals surface area contributed by atoms with Gasteiger partial charge in [0.2, 0.25) is 0 Å². The maximum Gasteiger partial charge on any atom is 0.288 e. The monoisotopic (exact) mass is 355 g/mol. The summed E-state index contributed by atoms with van der Waals surface area (Å²) < 4.78 is 35.8. The Morgan fingerprint density at radius 1 is 1.09 bits per heavy atom. The van der Waals surface area contributed by atoms with Crippen LogP contribution in [0.15, 0.2) is 45.7 Å². The topological polar surface area (TPSA) is 25.6 Å². The normalized spacial score (nSPS) is 15.2. The van der Waals surface area contributed by atoms with E-state index >= 15 is 0 Å². The highest BCUT2D eigenvalue weighted by molar-refractivity contribution is 7.99. The van der Waals surface area contributed by atoms with Gasteiger partial charge in [-0.05, 0) is 24.3 Å². The second-order valence-electron chi connectivity index (χ2n) is 4.97. The van der Waals surface area contributed by atoms with E-state index in [-0.39, 0.29) is 0 Å². The summed E-state index contributed by atoms with van der Waals surface area (Å²) in [6, 6.07) is 10.5. The molecule has 7 heteroatoms. The Balaban J connectivity index is 1.72. The number of thiocarbonyl (C=S) groups is 1. The van der Waals surface area contributed by atoms with Gasteiger partial charge in [-0.1, -0.05) is 36.1 Å². The summed E-state index contributed by atoms with van der Waals surface area (Å²) in [5, 5.41) is 0. The molecule has 0 atom stereocenters. The maximum atomic E-state index is 12.3. The van der Waals surface area contributed by atoms with Crippen molar-refractivity contribution in [2.75, 3.05) is 26.3 Å². The lowest BCUT2D eigenvalue weighted by molar-refractivity contribution is 0.0688. The summed E-state index contributed by atoms with van der Waals surface area (Å²) in [5.41, 5.74) is 0.833. The van der Waals surface area contributed by atoms with Gasteiger partial charge in [0.25, 0.3) is 5.76 Å². The Kier molecular flexibility index (Phi) is 5.30. The molecule has 0 N–H and O–H groups in total. The number of hydrogen-bond acceptors (Lipinski definition) is 4. The van der Waals surface area contributed by atoms with Crippen molar-refractivity contribution in [3.05, 3.63) is 42.2 Å². The van der Waals surface area contributed by atoms with E-state index in [0.717, 1.165) is 18.7 Å². The molecule has 2 heterocycles. The van der Waals surface area contributed by atoms with Gasteiger partial charge in [0, 0.05) is 23.5 Å². The lowest BCUT2D eigenvalue weighted by atomic mass is 10.2. The van der Waals surface area contributed by atoms with Gasteiger partial charge in [-0.15, -0.1) is 0 Å². The molecule has 1 aromatic carbocycles. The number of hydrogen-bond donors (Lipinski definition) is 0. The van der Waals surface area contributed by atoms with Gasteiger partial charge in [0.1, 0.15) is 10.7 Å². The highest BCUT2D eigenvalue weighted by Gasteiger charge is 2.18.